The van der Waals surface area contributed by atoms with Crippen molar-refractivity contribution in [3.63, 3.8) is 0 Å². The Balaban J connectivity index is 1.95. The standard InChI is InChI=1S/C14H10Cl4N2S2/c15-13(16)19(11-7-3-1-4-8-11)21-14(17,18)20(22-13)12-9-5-2-6-10-12/h1-10H. The monoisotopic (exact) mass is 410 g/mol. The molecular formula is C14H10Cl4N2S2. The van der Waals surface area contributed by atoms with Gasteiger partial charge in [0.25, 0.3) is 7.58 Å². The zero-order valence-electron chi connectivity index (χ0n) is 11.0. The molecule has 2 nitrogen and oxygen atoms in total. The lowest BCUT2D eigenvalue weighted by molar-refractivity contribution is 1.05. The van der Waals surface area contributed by atoms with E-state index in [9.17, 15) is 0 Å². The Morgan fingerprint density at radius 3 is 1.23 bits per heavy atom. The molecule has 0 aromatic heterocycles. The van der Waals surface area contributed by atoms with E-state index in [0.29, 0.717) is 0 Å². The third kappa shape index (κ3) is 3.37. The van der Waals surface area contributed by atoms with Crippen molar-refractivity contribution >= 4 is 81.7 Å². The van der Waals surface area contributed by atoms with E-state index in [2.05, 4.69) is 0 Å². The van der Waals surface area contributed by atoms with Gasteiger partial charge in [-0.2, -0.15) is 0 Å². The average Bonchev–Trinajstić information content (AvgIpc) is 2.51. The summed E-state index contributed by atoms with van der Waals surface area (Å²) in [5.41, 5.74) is 1.65. The van der Waals surface area contributed by atoms with Crippen molar-refractivity contribution in [2.24, 2.45) is 0 Å². The number of para-hydroxylation sites is 2. The van der Waals surface area contributed by atoms with Gasteiger partial charge in [0.15, 0.2) is 0 Å². The highest BCUT2D eigenvalue weighted by Crippen LogP contribution is 2.61. The van der Waals surface area contributed by atoms with Crippen LogP contribution in [0.3, 0.4) is 0 Å². The SMILES string of the molecule is ClC1(Cl)SN(c2ccccc2)C(Cl)(Cl)SN1c1ccccc1. The largest absolute Gasteiger partial charge is 0.268 e. The summed E-state index contributed by atoms with van der Waals surface area (Å²) < 4.78 is 0.880. The molecule has 22 heavy (non-hydrogen) atoms. The van der Waals surface area contributed by atoms with Gasteiger partial charge in [-0.15, -0.1) is 0 Å². The number of benzene rings is 2. The second kappa shape index (κ2) is 6.42. The van der Waals surface area contributed by atoms with Gasteiger partial charge in [-0.05, 0) is 24.3 Å². The molecule has 116 valence electrons. The molecule has 0 amide bonds. The Hall–Kier alpha value is -0.100. The Kier molecular flexibility index (Phi) is 4.89. The molecule has 8 heteroatoms. The van der Waals surface area contributed by atoms with Crippen LogP contribution < -0.4 is 8.61 Å². The van der Waals surface area contributed by atoms with E-state index in [1.54, 1.807) is 8.61 Å². The van der Waals surface area contributed by atoms with Crippen molar-refractivity contribution < 1.29 is 0 Å². The highest BCUT2D eigenvalue weighted by atomic mass is 35.5. The van der Waals surface area contributed by atoms with Gasteiger partial charge in [-0.25, -0.2) is 0 Å². The lowest BCUT2D eigenvalue weighted by atomic mass is 10.3. The van der Waals surface area contributed by atoms with E-state index in [0.717, 1.165) is 35.3 Å². The van der Waals surface area contributed by atoms with E-state index in [4.69, 9.17) is 46.4 Å². The van der Waals surface area contributed by atoms with Crippen LogP contribution in [0.4, 0.5) is 11.4 Å². The van der Waals surface area contributed by atoms with Crippen LogP contribution in [0.15, 0.2) is 60.7 Å². The summed E-state index contributed by atoms with van der Waals surface area (Å²) in [6.45, 7) is 0. The predicted octanol–water partition coefficient (Wildman–Crippen LogP) is 6.49. The molecule has 0 N–H and O–H groups in total. The maximum absolute atomic E-state index is 6.52. The molecule has 0 saturated carbocycles. The Morgan fingerprint density at radius 2 is 0.909 bits per heavy atom. The van der Waals surface area contributed by atoms with Gasteiger partial charge in [-0.1, -0.05) is 82.8 Å². The van der Waals surface area contributed by atoms with Crippen molar-refractivity contribution in [3.05, 3.63) is 60.7 Å². The molecule has 0 bridgehead atoms. The number of rotatable bonds is 2. The van der Waals surface area contributed by atoms with Crippen molar-refractivity contribution in [1.29, 1.82) is 0 Å². The first-order chi connectivity index (χ1) is 10.4. The van der Waals surface area contributed by atoms with E-state index in [-0.39, 0.29) is 0 Å². The molecule has 1 aliphatic heterocycles. The number of hydrogen-bond acceptors (Lipinski definition) is 4. The second-order valence-corrected chi connectivity index (χ2v) is 10.2. The van der Waals surface area contributed by atoms with E-state index < -0.39 is 7.58 Å². The van der Waals surface area contributed by atoms with Gasteiger partial charge in [0, 0.05) is 23.9 Å². The molecule has 1 aliphatic rings. The molecule has 0 unspecified atom stereocenters. The summed E-state index contributed by atoms with van der Waals surface area (Å²) >= 11 is 28.4. The summed E-state index contributed by atoms with van der Waals surface area (Å²) in [6.07, 6.45) is 0. The minimum atomic E-state index is -1.25. The van der Waals surface area contributed by atoms with Crippen LogP contribution in [-0.4, -0.2) is 7.58 Å². The van der Waals surface area contributed by atoms with Gasteiger partial charge >= 0.3 is 0 Å². The highest BCUT2D eigenvalue weighted by molar-refractivity contribution is 8.13. The van der Waals surface area contributed by atoms with E-state index >= 15 is 0 Å². The molecule has 2 aromatic carbocycles. The van der Waals surface area contributed by atoms with Gasteiger partial charge in [-0.3, -0.25) is 8.61 Å². The molecule has 1 heterocycles. The quantitative estimate of drug-likeness (QED) is 0.316. The second-order valence-electron chi connectivity index (χ2n) is 4.41. The first kappa shape index (κ1) is 16.7. The maximum atomic E-state index is 6.52. The summed E-state index contributed by atoms with van der Waals surface area (Å²) in [6, 6.07) is 19.0. The summed E-state index contributed by atoms with van der Waals surface area (Å²) in [4.78, 5) is 0. The molecular weight excluding hydrogens is 402 g/mol. The van der Waals surface area contributed by atoms with Crippen molar-refractivity contribution in [3.8, 4) is 0 Å². The van der Waals surface area contributed by atoms with Crippen molar-refractivity contribution in [2.45, 2.75) is 7.58 Å². The van der Waals surface area contributed by atoms with Crippen LogP contribution in [0.25, 0.3) is 0 Å². The number of hydrogen-bond donors (Lipinski definition) is 0. The molecule has 2 aromatic rings. The summed E-state index contributed by atoms with van der Waals surface area (Å²) in [5, 5.41) is 0. The number of nitrogens with zero attached hydrogens (tertiary/aromatic N) is 2. The zero-order chi connectivity index (χ0) is 15.8. The van der Waals surface area contributed by atoms with E-state index in [1.165, 1.54) is 0 Å². The topological polar surface area (TPSA) is 6.48 Å². The predicted molar refractivity (Wildman–Crippen MR) is 102 cm³/mol. The third-order valence-corrected chi connectivity index (χ3v) is 7.13. The number of halogens is 4. The zero-order valence-corrected chi connectivity index (χ0v) is 15.7. The van der Waals surface area contributed by atoms with Crippen molar-refractivity contribution in [1.82, 2.24) is 0 Å². The lowest BCUT2D eigenvalue weighted by Gasteiger charge is -2.48. The van der Waals surface area contributed by atoms with Gasteiger partial charge in [0.05, 0.1) is 11.4 Å². The Bertz CT molecular complexity index is 582. The molecule has 0 aliphatic carbocycles. The van der Waals surface area contributed by atoms with Crippen molar-refractivity contribution in [2.75, 3.05) is 8.61 Å². The molecule has 0 radical (unpaired) electrons. The fourth-order valence-electron chi connectivity index (χ4n) is 1.93. The first-order valence-electron chi connectivity index (χ1n) is 6.25. The summed E-state index contributed by atoms with van der Waals surface area (Å²) in [7, 11) is 0. The lowest BCUT2D eigenvalue weighted by Crippen LogP contribution is -2.49. The van der Waals surface area contributed by atoms with Crippen LogP contribution in [-0.2, 0) is 0 Å². The number of alkyl halides is 4. The first-order valence-corrected chi connectivity index (χ1v) is 9.30. The molecule has 0 atom stereocenters. The maximum Gasteiger partial charge on any atom is 0.267 e. The van der Waals surface area contributed by atoms with Gasteiger partial charge < -0.3 is 0 Å². The van der Waals surface area contributed by atoms with Gasteiger partial charge in [0.2, 0.25) is 0 Å². The van der Waals surface area contributed by atoms with Crippen LogP contribution >= 0.6 is 70.3 Å². The minimum Gasteiger partial charge on any atom is -0.268 e. The fourth-order valence-corrected chi connectivity index (χ4v) is 5.45. The van der Waals surface area contributed by atoms with Crippen LogP contribution in [0.5, 0.6) is 0 Å². The minimum absolute atomic E-state index is 0.823. The molecule has 1 fully saturated rings. The number of anilines is 2. The normalized spacial score (nSPS) is 20.0. The average molecular weight is 412 g/mol. The van der Waals surface area contributed by atoms with E-state index in [1.807, 2.05) is 60.7 Å². The molecule has 0 spiro atoms. The highest BCUT2D eigenvalue weighted by Gasteiger charge is 2.52. The molecule has 3 rings (SSSR count). The molecule has 1 saturated heterocycles. The van der Waals surface area contributed by atoms with Crippen LogP contribution in [0.2, 0.25) is 0 Å². The van der Waals surface area contributed by atoms with Gasteiger partial charge in [0.1, 0.15) is 0 Å². The fraction of sp³-hybridized carbons (Fsp3) is 0.143. The third-order valence-electron chi connectivity index (χ3n) is 2.86. The Labute approximate surface area is 157 Å². The summed E-state index contributed by atoms with van der Waals surface area (Å²) in [5.74, 6) is 0. The van der Waals surface area contributed by atoms with Crippen LogP contribution in [0.1, 0.15) is 0 Å². The Morgan fingerprint density at radius 1 is 0.591 bits per heavy atom. The van der Waals surface area contributed by atoms with Crippen LogP contribution in [0, 0.1) is 0 Å². The smallest absolute Gasteiger partial charge is 0.267 e.